The van der Waals surface area contributed by atoms with Gasteiger partial charge in [0.2, 0.25) is 0 Å². The van der Waals surface area contributed by atoms with Gasteiger partial charge in [-0.25, -0.2) is 4.52 Å². The summed E-state index contributed by atoms with van der Waals surface area (Å²) < 4.78 is 1.71. The fourth-order valence-corrected chi connectivity index (χ4v) is 1.26. The quantitative estimate of drug-likeness (QED) is 0.592. The Balaban J connectivity index is 2.86. The highest BCUT2D eigenvalue weighted by atomic mass is 16.1. The molecule has 0 N–H and O–H groups in total. The molecule has 2 aromatic heterocycles. The fourth-order valence-electron chi connectivity index (χ4n) is 1.26. The number of aldehydes is 1. The lowest BCUT2D eigenvalue weighted by molar-refractivity contribution is 0.112. The number of pyridine rings is 1. The van der Waals surface area contributed by atoms with Crippen molar-refractivity contribution in [3.05, 3.63) is 35.7 Å². The molecule has 2 aromatic rings. The number of hydrogen-bond acceptors (Lipinski definition) is 2. The largest absolute Gasteiger partial charge is 0.298 e. The number of carbonyl (C=O) groups excluding carboxylic acids is 1. The molecule has 0 fully saturated rings. The van der Waals surface area contributed by atoms with Gasteiger partial charge in [0.15, 0.2) is 6.29 Å². The molecule has 0 unspecified atom stereocenters. The van der Waals surface area contributed by atoms with Crippen LogP contribution in [-0.4, -0.2) is 15.9 Å². The van der Waals surface area contributed by atoms with Crippen LogP contribution in [0.1, 0.15) is 16.1 Å². The number of aromatic nitrogens is 2. The lowest BCUT2D eigenvalue weighted by atomic mass is 10.2. The number of carbonyl (C=O) groups is 1. The molecule has 12 heavy (non-hydrogen) atoms. The van der Waals surface area contributed by atoms with Gasteiger partial charge in [0, 0.05) is 11.8 Å². The van der Waals surface area contributed by atoms with Crippen molar-refractivity contribution in [1.29, 1.82) is 0 Å². The number of fused-ring (bicyclic) bond motifs is 1. The van der Waals surface area contributed by atoms with Crippen LogP contribution < -0.4 is 0 Å². The minimum absolute atomic E-state index is 0.679. The molecular weight excluding hydrogens is 152 g/mol. The summed E-state index contributed by atoms with van der Waals surface area (Å²) in [5.74, 6) is 0. The minimum Gasteiger partial charge on any atom is -0.298 e. The average molecular weight is 160 g/mol. The molecule has 0 saturated heterocycles. The van der Waals surface area contributed by atoms with Gasteiger partial charge in [0.1, 0.15) is 0 Å². The predicted octanol–water partition coefficient (Wildman–Crippen LogP) is 1.46. The number of aryl methyl sites for hydroxylation is 1. The lowest BCUT2D eigenvalue weighted by Gasteiger charge is -1.93. The molecule has 3 nitrogen and oxygen atoms in total. The molecule has 0 spiro atoms. The van der Waals surface area contributed by atoms with Crippen LogP contribution in [0.3, 0.4) is 0 Å². The van der Waals surface area contributed by atoms with E-state index >= 15 is 0 Å². The van der Waals surface area contributed by atoms with Gasteiger partial charge in [-0.2, -0.15) is 5.10 Å². The van der Waals surface area contributed by atoms with E-state index in [-0.39, 0.29) is 0 Å². The molecule has 2 heterocycles. The molecule has 0 aliphatic rings. The van der Waals surface area contributed by atoms with Crippen LogP contribution in [0.25, 0.3) is 5.52 Å². The standard InChI is InChI=1S/C9H8N2O/c1-7-5-9-8(6-12)3-2-4-11(9)10-7/h2-6H,1H3. The van der Waals surface area contributed by atoms with Crippen LogP contribution in [0.5, 0.6) is 0 Å². The van der Waals surface area contributed by atoms with Crippen molar-refractivity contribution in [2.45, 2.75) is 6.92 Å². The molecule has 3 heteroatoms. The van der Waals surface area contributed by atoms with Gasteiger partial charge in [0.25, 0.3) is 0 Å². The molecule has 0 radical (unpaired) electrons. The van der Waals surface area contributed by atoms with Crippen molar-refractivity contribution in [3.63, 3.8) is 0 Å². The Morgan fingerprint density at radius 1 is 1.58 bits per heavy atom. The van der Waals surface area contributed by atoms with Crippen LogP contribution in [0.2, 0.25) is 0 Å². The molecule has 0 aliphatic heterocycles. The molecule has 0 bridgehead atoms. The smallest absolute Gasteiger partial charge is 0.152 e. The first-order valence-electron chi connectivity index (χ1n) is 3.71. The topological polar surface area (TPSA) is 34.4 Å². The third-order valence-corrected chi connectivity index (χ3v) is 1.78. The van der Waals surface area contributed by atoms with Crippen LogP contribution in [0, 0.1) is 6.92 Å². The lowest BCUT2D eigenvalue weighted by Crippen LogP contribution is -1.89. The number of nitrogens with zero attached hydrogens (tertiary/aromatic N) is 2. The van der Waals surface area contributed by atoms with E-state index in [2.05, 4.69) is 5.10 Å². The zero-order valence-corrected chi connectivity index (χ0v) is 6.69. The van der Waals surface area contributed by atoms with E-state index in [0.717, 1.165) is 17.5 Å². The Kier molecular flexibility index (Phi) is 1.43. The van der Waals surface area contributed by atoms with Crippen molar-refractivity contribution in [2.24, 2.45) is 0 Å². The normalized spacial score (nSPS) is 10.4. The van der Waals surface area contributed by atoms with Crippen molar-refractivity contribution in [1.82, 2.24) is 9.61 Å². The van der Waals surface area contributed by atoms with Gasteiger partial charge < -0.3 is 0 Å². The minimum atomic E-state index is 0.679. The molecule has 0 aromatic carbocycles. The van der Waals surface area contributed by atoms with Crippen LogP contribution in [-0.2, 0) is 0 Å². The third kappa shape index (κ3) is 0.906. The Labute approximate surface area is 69.6 Å². The Hall–Kier alpha value is -1.64. The second-order valence-electron chi connectivity index (χ2n) is 2.70. The van der Waals surface area contributed by atoms with Crippen molar-refractivity contribution in [2.75, 3.05) is 0 Å². The molecule has 60 valence electrons. The molecule has 0 atom stereocenters. The first-order valence-corrected chi connectivity index (χ1v) is 3.71. The zero-order chi connectivity index (χ0) is 8.55. The summed E-state index contributed by atoms with van der Waals surface area (Å²) in [6, 6.07) is 5.48. The average Bonchev–Trinajstić information content (AvgIpc) is 2.44. The summed E-state index contributed by atoms with van der Waals surface area (Å²) >= 11 is 0. The second-order valence-corrected chi connectivity index (χ2v) is 2.70. The number of hydrogen-bond donors (Lipinski definition) is 0. The Bertz CT molecular complexity index is 431. The first-order chi connectivity index (χ1) is 5.81. The maximum atomic E-state index is 10.6. The SMILES string of the molecule is Cc1cc2c(C=O)cccn2n1. The van der Waals surface area contributed by atoms with Crippen LogP contribution in [0.4, 0.5) is 0 Å². The van der Waals surface area contributed by atoms with Crippen LogP contribution in [0.15, 0.2) is 24.4 Å². The van der Waals surface area contributed by atoms with Gasteiger partial charge in [-0.1, -0.05) is 0 Å². The van der Waals surface area contributed by atoms with Gasteiger partial charge in [-0.15, -0.1) is 0 Å². The first kappa shape index (κ1) is 7.03. The Morgan fingerprint density at radius 2 is 2.42 bits per heavy atom. The van der Waals surface area contributed by atoms with E-state index in [4.69, 9.17) is 0 Å². The predicted molar refractivity (Wildman–Crippen MR) is 45.3 cm³/mol. The highest BCUT2D eigenvalue weighted by molar-refractivity contribution is 5.85. The molecular formula is C9H8N2O. The maximum Gasteiger partial charge on any atom is 0.152 e. The summed E-state index contributed by atoms with van der Waals surface area (Å²) in [7, 11) is 0. The zero-order valence-electron chi connectivity index (χ0n) is 6.69. The highest BCUT2D eigenvalue weighted by Crippen LogP contribution is 2.09. The van der Waals surface area contributed by atoms with Gasteiger partial charge in [-0.3, -0.25) is 4.79 Å². The summed E-state index contributed by atoms with van der Waals surface area (Å²) in [6.45, 7) is 1.90. The van der Waals surface area contributed by atoms with Gasteiger partial charge in [0.05, 0.1) is 11.2 Å². The van der Waals surface area contributed by atoms with E-state index in [1.165, 1.54) is 0 Å². The van der Waals surface area contributed by atoms with Crippen molar-refractivity contribution in [3.8, 4) is 0 Å². The second kappa shape index (κ2) is 2.44. The molecule has 0 amide bonds. The Morgan fingerprint density at radius 3 is 3.17 bits per heavy atom. The third-order valence-electron chi connectivity index (χ3n) is 1.78. The van der Waals surface area contributed by atoms with Crippen molar-refractivity contribution < 1.29 is 4.79 Å². The van der Waals surface area contributed by atoms with Gasteiger partial charge in [-0.05, 0) is 25.1 Å². The molecule has 0 aliphatic carbocycles. The monoisotopic (exact) mass is 160 g/mol. The summed E-state index contributed by atoms with van der Waals surface area (Å²) in [6.07, 6.45) is 2.67. The fraction of sp³-hybridized carbons (Fsp3) is 0.111. The van der Waals surface area contributed by atoms with Crippen molar-refractivity contribution >= 4 is 11.8 Å². The molecule has 2 rings (SSSR count). The van der Waals surface area contributed by atoms with Crippen LogP contribution >= 0.6 is 0 Å². The summed E-state index contributed by atoms with van der Waals surface area (Å²) in [4.78, 5) is 10.6. The van der Waals surface area contributed by atoms with E-state index in [0.29, 0.717) is 5.56 Å². The van der Waals surface area contributed by atoms with E-state index in [9.17, 15) is 4.79 Å². The summed E-state index contributed by atoms with van der Waals surface area (Å²) in [5, 5.41) is 4.18. The van der Waals surface area contributed by atoms with E-state index in [1.807, 2.05) is 25.3 Å². The highest BCUT2D eigenvalue weighted by Gasteiger charge is 2.00. The van der Waals surface area contributed by atoms with E-state index in [1.54, 1.807) is 10.6 Å². The number of rotatable bonds is 1. The molecule has 0 saturated carbocycles. The maximum absolute atomic E-state index is 10.6. The van der Waals surface area contributed by atoms with E-state index < -0.39 is 0 Å². The van der Waals surface area contributed by atoms with Gasteiger partial charge >= 0.3 is 0 Å². The summed E-state index contributed by atoms with van der Waals surface area (Å²) in [5.41, 5.74) is 2.47.